The summed E-state index contributed by atoms with van der Waals surface area (Å²) in [5, 5.41) is 10.3. The van der Waals surface area contributed by atoms with Crippen LogP contribution in [0.15, 0.2) is 33.7 Å². The van der Waals surface area contributed by atoms with Crippen molar-refractivity contribution in [2.75, 3.05) is 17.3 Å². The van der Waals surface area contributed by atoms with Crippen LogP contribution in [-0.2, 0) is 9.84 Å². The van der Waals surface area contributed by atoms with E-state index in [0.29, 0.717) is 11.5 Å². The van der Waals surface area contributed by atoms with Gasteiger partial charge in [0.25, 0.3) is 5.89 Å². The maximum Gasteiger partial charge on any atom is 0.253 e. The Bertz CT molecular complexity index is 1050. The van der Waals surface area contributed by atoms with Gasteiger partial charge in [0.15, 0.2) is 9.84 Å². The number of nitrogens with zero attached hydrogens (tertiary/aromatic N) is 4. The van der Waals surface area contributed by atoms with Gasteiger partial charge in [0.05, 0.1) is 5.56 Å². The molecule has 0 saturated carbocycles. The molecule has 0 unspecified atom stereocenters. The summed E-state index contributed by atoms with van der Waals surface area (Å²) in [6, 6.07) is 3.59. The fourth-order valence-corrected chi connectivity index (χ4v) is 2.76. The molecule has 3 rings (SSSR count). The Kier molecular flexibility index (Phi) is 4.08. The first-order chi connectivity index (χ1) is 11.7. The monoisotopic (exact) mass is 364 g/mol. The number of anilines is 3. The van der Waals surface area contributed by atoms with Gasteiger partial charge in [0.1, 0.15) is 16.5 Å². The molecule has 0 aliphatic rings. The molecule has 0 aliphatic carbocycles. The molecule has 0 fully saturated rings. The average molecular weight is 364 g/mol. The summed E-state index contributed by atoms with van der Waals surface area (Å²) < 4.78 is 42.0. The molecule has 130 valence electrons. The predicted molar refractivity (Wildman–Crippen MR) is 87.3 cm³/mol. The Morgan fingerprint density at radius 1 is 1.28 bits per heavy atom. The summed E-state index contributed by atoms with van der Waals surface area (Å²) in [5.74, 6) is -0.125. The number of nitrogen functional groups attached to an aromatic ring is 1. The molecule has 1 aromatic carbocycles. The molecule has 2 aromatic heterocycles. The molecule has 0 aliphatic heterocycles. The standard InChI is InChI=1S/C14H13FN6O3S/c1-7-20-21-13(24-7)9-6-17-14(19-12(9)16)18-8-3-4-11(10(15)5-8)25(2,22)23/h3-6H,1-2H3,(H3,16,17,18,19). The van der Waals surface area contributed by atoms with Crippen molar-refractivity contribution in [2.24, 2.45) is 0 Å². The average Bonchev–Trinajstić information content (AvgIpc) is 2.92. The lowest BCUT2D eigenvalue weighted by Crippen LogP contribution is -2.04. The molecule has 0 bridgehead atoms. The Hall–Kier alpha value is -3.08. The van der Waals surface area contributed by atoms with Gasteiger partial charge in [-0.3, -0.25) is 0 Å². The van der Waals surface area contributed by atoms with Crippen LogP contribution in [0.2, 0.25) is 0 Å². The summed E-state index contributed by atoms with van der Waals surface area (Å²) in [6.45, 7) is 1.64. The topological polar surface area (TPSA) is 137 Å². The van der Waals surface area contributed by atoms with Crippen LogP contribution in [0.4, 0.5) is 21.8 Å². The van der Waals surface area contributed by atoms with Gasteiger partial charge in [-0.2, -0.15) is 4.98 Å². The molecule has 0 amide bonds. The first-order valence-electron chi connectivity index (χ1n) is 6.93. The first kappa shape index (κ1) is 16.8. The predicted octanol–water partition coefficient (Wildman–Crippen LogP) is 1.70. The van der Waals surface area contributed by atoms with E-state index < -0.39 is 15.7 Å². The van der Waals surface area contributed by atoms with E-state index in [1.807, 2.05) is 0 Å². The summed E-state index contributed by atoms with van der Waals surface area (Å²) in [5.41, 5.74) is 6.49. The fourth-order valence-electron chi connectivity index (χ4n) is 2.03. The zero-order valence-electron chi connectivity index (χ0n) is 13.2. The smallest absolute Gasteiger partial charge is 0.253 e. The maximum atomic E-state index is 13.9. The van der Waals surface area contributed by atoms with E-state index in [2.05, 4.69) is 25.5 Å². The summed E-state index contributed by atoms with van der Waals surface area (Å²) in [7, 11) is -3.64. The van der Waals surface area contributed by atoms with Crippen molar-refractivity contribution in [3.05, 3.63) is 36.1 Å². The van der Waals surface area contributed by atoms with Crippen molar-refractivity contribution in [1.29, 1.82) is 0 Å². The molecule has 9 nitrogen and oxygen atoms in total. The normalized spacial score (nSPS) is 11.5. The zero-order valence-corrected chi connectivity index (χ0v) is 14.0. The van der Waals surface area contributed by atoms with Crippen LogP contribution in [0.1, 0.15) is 5.89 Å². The van der Waals surface area contributed by atoms with Crippen molar-refractivity contribution >= 4 is 27.3 Å². The molecule has 25 heavy (non-hydrogen) atoms. The van der Waals surface area contributed by atoms with Crippen LogP contribution < -0.4 is 11.1 Å². The zero-order chi connectivity index (χ0) is 18.2. The molecular weight excluding hydrogens is 351 g/mol. The fraction of sp³-hybridized carbons (Fsp3) is 0.143. The Morgan fingerprint density at radius 3 is 2.60 bits per heavy atom. The second kappa shape index (κ2) is 6.09. The minimum atomic E-state index is -3.64. The highest BCUT2D eigenvalue weighted by Gasteiger charge is 2.15. The van der Waals surface area contributed by atoms with Crippen molar-refractivity contribution in [3.63, 3.8) is 0 Å². The van der Waals surface area contributed by atoms with E-state index in [-0.39, 0.29) is 28.2 Å². The van der Waals surface area contributed by atoms with E-state index in [0.717, 1.165) is 18.4 Å². The highest BCUT2D eigenvalue weighted by molar-refractivity contribution is 7.90. The molecular formula is C14H13FN6O3S. The van der Waals surface area contributed by atoms with Gasteiger partial charge in [-0.05, 0) is 18.2 Å². The SMILES string of the molecule is Cc1nnc(-c2cnc(Nc3ccc(S(C)(=O)=O)c(F)c3)nc2N)o1. The Balaban J connectivity index is 1.87. The third kappa shape index (κ3) is 3.55. The van der Waals surface area contributed by atoms with Crippen molar-refractivity contribution < 1.29 is 17.2 Å². The van der Waals surface area contributed by atoms with Gasteiger partial charge in [0.2, 0.25) is 11.8 Å². The molecule has 0 spiro atoms. The number of hydrogen-bond donors (Lipinski definition) is 2. The molecule has 0 saturated heterocycles. The number of benzene rings is 1. The summed E-state index contributed by atoms with van der Waals surface area (Å²) in [6.07, 6.45) is 2.32. The second-order valence-corrected chi connectivity index (χ2v) is 7.15. The van der Waals surface area contributed by atoms with Gasteiger partial charge in [-0.1, -0.05) is 0 Å². The molecule has 0 atom stereocenters. The van der Waals surface area contributed by atoms with E-state index >= 15 is 0 Å². The van der Waals surface area contributed by atoms with Gasteiger partial charge in [-0.25, -0.2) is 17.8 Å². The molecule has 3 N–H and O–H groups in total. The van der Waals surface area contributed by atoms with Crippen molar-refractivity contribution in [3.8, 4) is 11.5 Å². The number of halogens is 1. The summed E-state index contributed by atoms with van der Waals surface area (Å²) >= 11 is 0. The first-order valence-corrected chi connectivity index (χ1v) is 8.83. The van der Waals surface area contributed by atoms with Gasteiger partial charge >= 0.3 is 0 Å². The summed E-state index contributed by atoms with van der Waals surface area (Å²) in [4.78, 5) is 7.70. The van der Waals surface area contributed by atoms with E-state index in [1.54, 1.807) is 6.92 Å². The molecule has 11 heteroatoms. The van der Waals surface area contributed by atoms with Crippen molar-refractivity contribution in [2.45, 2.75) is 11.8 Å². The third-order valence-corrected chi connectivity index (χ3v) is 4.29. The number of nitrogens with two attached hydrogens (primary N) is 1. The highest BCUT2D eigenvalue weighted by atomic mass is 32.2. The lowest BCUT2D eigenvalue weighted by atomic mass is 10.3. The maximum absolute atomic E-state index is 13.9. The Labute approximate surface area is 142 Å². The number of nitrogens with one attached hydrogen (secondary N) is 1. The molecule has 0 radical (unpaired) electrons. The number of aromatic nitrogens is 4. The number of rotatable bonds is 4. The van der Waals surface area contributed by atoms with Crippen LogP contribution in [-0.4, -0.2) is 34.8 Å². The van der Waals surface area contributed by atoms with Crippen LogP contribution in [0.25, 0.3) is 11.5 Å². The number of hydrogen-bond acceptors (Lipinski definition) is 9. The minimum absolute atomic E-state index is 0.0920. The number of aryl methyl sites for hydroxylation is 1. The lowest BCUT2D eigenvalue weighted by molar-refractivity contribution is 0.532. The van der Waals surface area contributed by atoms with E-state index in [9.17, 15) is 12.8 Å². The van der Waals surface area contributed by atoms with Gasteiger partial charge in [-0.15, -0.1) is 10.2 Å². The van der Waals surface area contributed by atoms with Crippen LogP contribution >= 0.6 is 0 Å². The lowest BCUT2D eigenvalue weighted by Gasteiger charge is -2.08. The van der Waals surface area contributed by atoms with Crippen molar-refractivity contribution in [1.82, 2.24) is 20.2 Å². The van der Waals surface area contributed by atoms with E-state index in [4.69, 9.17) is 10.2 Å². The second-order valence-electron chi connectivity index (χ2n) is 5.16. The largest absolute Gasteiger partial charge is 0.421 e. The third-order valence-electron chi connectivity index (χ3n) is 3.16. The van der Waals surface area contributed by atoms with Gasteiger partial charge in [0, 0.05) is 25.1 Å². The van der Waals surface area contributed by atoms with Crippen LogP contribution in [0, 0.1) is 12.7 Å². The molecule has 3 aromatic rings. The highest BCUT2D eigenvalue weighted by Crippen LogP contribution is 2.25. The minimum Gasteiger partial charge on any atom is -0.421 e. The van der Waals surface area contributed by atoms with Crippen LogP contribution in [0.3, 0.4) is 0 Å². The number of sulfone groups is 1. The Morgan fingerprint density at radius 2 is 2.04 bits per heavy atom. The molecule has 2 heterocycles. The van der Waals surface area contributed by atoms with Crippen LogP contribution in [0.5, 0.6) is 0 Å². The van der Waals surface area contributed by atoms with E-state index in [1.165, 1.54) is 12.3 Å². The van der Waals surface area contributed by atoms with Gasteiger partial charge < -0.3 is 15.5 Å². The quantitative estimate of drug-likeness (QED) is 0.708.